The normalized spacial score (nSPS) is 23.6. The third-order valence-corrected chi connectivity index (χ3v) is 3.61. The van der Waals surface area contributed by atoms with Crippen molar-refractivity contribution in [3.8, 4) is 0 Å². The summed E-state index contributed by atoms with van der Waals surface area (Å²) in [5.74, 6) is 0.686. The van der Waals surface area contributed by atoms with E-state index in [-0.39, 0.29) is 10.6 Å². The first-order chi connectivity index (χ1) is 8.08. The van der Waals surface area contributed by atoms with Gasteiger partial charge in [-0.15, -0.1) is 0 Å². The molecule has 0 spiro atoms. The van der Waals surface area contributed by atoms with E-state index in [0.29, 0.717) is 17.5 Å². The highest BCUT2D eigenvalue weighted by Crippen LogP contribution is 2.29. The molecule has 17 heavy (non-hydrogen) atoms. The predicted molar refractivity (Wildman–Crippen MR) is 68.3 cm³/mol. The summed E-state index contributed by atoms with van der Waals surface area (Å²) >= 11 is 0. The van der Waals surface area contributed by atoms with Gasteiger partial charge in [-0.3, -0.25) is 10.1 Å². The Morgan fingerprint density at radius 2 is 2.18 bits per heavy atom. The standard InChI is InChI=1S/C13H18N2O2/c1-9-4-3-5-12(9)14-11-6-7-13(15(16)17)10(2)8-11/h6-9,12,14H,3-5H2,1-2H3. The van der Waals surface area contributed by atoms with E-state index in [2.05, 4.69) is 12.2 Å². The lowest BCUT2D eigenvalue weighted by Gasteiger charge is -2.18. The molecule has 1 N–H and O–H groups in total. The number of nitrogens with one attached hydrogen (secondary N) is 1. The minimum absolute atomic E-state index is 0.190. The van der Waals surface area contributed by atoms with Crippen molar-refractivity contribution in [1.82, 2.24) is 0 Å². The quantitative estimate of drug-likeness (QED) is 0.643. The van der Waals surface area contributed by atoms with Gasteiger partial charge >= 0.3 is 0 Å². The monoisotopic (exact) mass is 234 g/mol. The molecule has 2 rings (SSSR count). The van der Waals surface area contributed by atoms with E-state index in [1.165, 1.54) is 19.3 Å². The summed E-state index contributed by atoms with van der Waals surface area (Å²) in [7, 11) is 0. The molecule has 1 aliphatic rings. The molecule has 1 fully saturated rings. The topological polar surface area (TPSA) is 55.2 Å². The maximum Gasteiger partial charge on any atom is 0.272 e. The smallest absolute Gasteiger partial charge is 0.272 e. The van der Waals surface area contributed by atoms with E-state index in [9.17, 15) is 10.1 Å². The van der Waals surface area contributed by atoms with Crippen LogP contribution in [0.2, 0.25) is 0 Å². The van der Waals surface area contributed by atoms with Gasteiger partial charge in [0, 0.05) is 23.4 Å². The van der Waals surface area contributed by atoms with Gasteiger partial charge in [-0.1, -0.05) is 13.3 Å². The Hall–Kier alpha value is -1.58. The zero-order valence-corrected chi connectivity index (χ0v) is 10.3. The third kappa shape index (κ3) is 2.57. The van der Waals surface area contributed by atoms with Gasteiger partial charge in [-0.25, -0.2) is 0 Å². The lowest BCUT2D eigenvalue weighted by molar-refractivity contribution is -0.385. The van der Waals surface area contributed by atoms with E-state index in [0.717, 1.165) is 5.69 Å². The van der Waals surface area contributed by atoms with Gasteiger partial charge in [0.25, 0.3) is 5.69 Å². The number of nitro groups is 1. The molecular weight excluding hydrogens is 216 g/mol. The van der Waals surface area contributed by atoms with Crippen LogP contribution >= 0.6 is 0 Å². The third-order valence-electron chi connectivity index (χ3n) is 3.61. The molecule has 0 heterocycles. The molecule has 0 aliphatic heterocycles. The first-order valence-corrected chi connectivity index (χ1v) is 6.09. The number of rotatable bonds is 3. The Kier molecular flexibility index (Phi) is 3.31. The van der Waals surface area contributed by atoms with Crippen molar-refractivity contribution in [1.29, 1.82) is 0 Å². The Morgan fingerprint density at radius 1 is 1.41 bits per heavy atom. The average Bonchev–Trinajstić information content (AvgIpc) is 2.64. The van der Waals surface area contributed by atoms with Crippen LogP contribution in [-0.4, -0.2) is 11.0 Å². The van der Waals surface area contributed by atoms with E-state index < -0.39 is 0 Å². The highest BCUT2D eigenvalue weighted by Gasteiger charge is 2.23. The molecule has 4 heteroatoms. The van der Waals surface area contributed by atoms with Gasteiger partial charge in [0.1, 0.15) is 0 Å². The molecule has 0 bridgehead atoms. The maximum absolute atomic E-state index is 10.7. The maximum atomic E-state index is 10.7. The molecule has 1 aromatic carbocycles. The fourth-order valence-corrected chi connectivity index (χ4v) is 2.52. The number of hydrogen-bond acceptors (Lipinski definition) is 3. The Labute approximate surface area is 101 Å². The van der Waals surface area contributed by atoms with Crippen molar-refractivity contribution in [2.24, 2.45) is 5.92 Å². The number of benzene rings is 1. The lowest BCUT2D eigenvalue weighted by Crippen LogP contribution is -2.21. The summed E-state index contributed by atoms with van der Waals surface area (Å²) in [6, 6.07) is 5.76. The molecular formula is C13H18N2O2. The molecule has 0 amide bonds. The second kappa shape index (κ2) is 4.73. The highest BCUT2D eigenvalue weighted by molar-refractivity contribution is 5.54. The summed E-state index contributed by atoms with van der Waals surface area (Å²) < 4.78 is 0. The van der Waals surface area contributed by atoms with Crippen LogP contribution in [0.3, 0.4) is 0 Å². The SMILES string of the molecule is Cc1cc(NC2CCCC2C)ccc1[N+](=O)[O-]. The molecule has 2 unspecified atom stereocenters. The van der Waals surface area contributed by atoms with Crippen molar-refractivity contribution in [3.63, 3.8) is 0 Å². The summed E-state index contributed by atoms with van der Waals surface area (Å²) in [5, 5.41) is 14.2. The Morgan fingerprint density at radius 3 is 2.71 bits per heavy atom. The largest absolute Gasteiger partial charge is 0.382 e. The van der Waals surface area contributed by atoms with Gasteiger partial charge in [-0.2, -0.15) is 0 Å². The molecule has 92 valence electrons. The summed E-state index contributed by atoms with van der Waals surface area (Å²) in [5.41, 5.74) is 1.90. The van der Waals surface area contributed by atoms with Crippen LogP contribution in [0.1, 0.15) is 31.7 Å². The first kappa shape index (κ1) is 11.9. The molecule has 2 atom stereocenters. The van der Waals surface area contributed by atoms with Crippen LogP contribution < -0.4 is 5.32 Å². The van der Waals surface area contributed by atoms with Crippen molar-refractivity contribution in [3.05, 3.63) is 33.9 Å². The minimum Gasteiger partial charge on any atom is -0.382 e. The summed E-state index contributed by atoms with van der Waals surface area (Å²) in [6.45, 7) is 4.03. The highest BCUT2D eigenvalue weighted by atomic mass is 16.6. The van der Waals surface area contributed by atoms with Crippen LogP contribution in [-0.2, 0) is 0 Å². The van der Waals surface area contributed by atoms with E-state index >= 15 is 0 Å². The summed E-state index contributed by atoms with van der Waals surface area (Å²) in [4.78, 5) is 10.4. The second-order valence-electron chi connectivity index (χ2n) is 4.92. The lowest BCUT2D eigenvalue weighted by atomic mass is 10.1. The predicted octanol–water partition coefficient (Wildman–Crippen LogP) is 3.50. The Balaban J connectivity index is 2.12. The van der Waals surface area contributed by atoms with Gasteiger partial charge < -0.3 is 5.32 Å². The molecule has 0 saturated heterocycles. The van der Waals surface area contributed by atoms with E-state index in [1.54, 1.807) is 19.1 Å². The summed E-state index contributed by atoms with van der Waals surface area (Å²) in [6.07, 6.45) is 3.73. The molecule has 1 aromatic rings. The Bertz CT molecular complexity index is 431. The van der Waals surface area contributed by atoms with Crippen molar-refractivity contribution < 1.29 is 4.92 Å². The van der Waals surface area contributed by atoms with Crippen molar-refractivity contribution >= 4 is 11.4 Å². The number of nitrogens with zero attached hydrogens (tertiary/aromatic N) is 1. The van der Waals surface area contributed by atoms with Crippen LogP contribution in [0, 0.1) is 23.0 Å². The molecule has 4 nitrogen and oxygen atoms in total. The zero-order valence-electron chi connectivity index (χ0n) is 10.3. The fraction of sp³-hybridized carbons (Fsp3) is 0.538. The van der Waals surface area contributed by atoms with E-state index in [1.807, 2.05) is 6.07 Å². The van der Waals surface area contributed by atoms with Crippen molar-refractivity contribution in [2.75, 3.05) is 5.32 Å². The number of hydrogen-bond donors (Lipinski definition) is 1. The molecule has 1 aliphatic carbocycles. The van der Waals surface area contributed by atoms with Crippen LogP contribution in [0.4, 0.5) is 11.4 Å². The van der Waals surface area contributed by atoms with Gasteiger partial charge in [0.05, 0.1) is 4.92 Å². The van der Waals surface area contributed by atoms with Crippen LogP contribution in [0.25, 0.3) is 0 Å². The molecule has 0 radical (unpaired) electrons. The first-order valence-electron chi connectivity index (χ1n) is 6.09. The van der Waals surface area contributed by atoms with Crippen LogP contribution in [0.5, 0.6) is 0 Å². The molecule has 0 aromatic heterocycles. The second-order valence-corrected chi connectivity index (χ2v) is 4.92. The van der Waals surface area contributed by atoms with Crippen LogP contribution in [0.15, 0.2) is 18.2 Å². The molecule has 1 saturated carbocycles. The number of nitro benzene ring substituents is 1. The zero-order chi connectivity index (χ0) is 12.4. The van der Waals surface area contributed by atoms with Gasteiger partial charge in [-0.05, 0) is 37.8 Å². The number of aryl methyl sites for hydroxylation is 1. The number of anilines is 1. The average molecular weight is 234 g/mol. The fourth-order valence-electron chi connectivity index (χ4n) is 2.52. The minimum atomic E-state index is -0.336. The van der Waals surface area contributed by atoms with Crippen molar-refractivity contribution in [2.45, 2.75) is 39.2 Å². The van der Waals surface area contributed by atoms with Gasteiger partial charge in [0.2, 0.25) is 0 Å². The van der Waals surface area contributed by atoms with E-state index in [4.69, 9.17) is 0 Å². The van der Waals surface area contributed by atoms with Gasteiger partial charge in [0.15, 0.2) is 0 Å².